The molecular weight excluding hydrogens is 450 g/mol. The van der Waals surface area contributed by atoms with Gasteiger partial charge in [0, 0.05) is 24.2 Å². The van der Waals surface area contributed by atoms with Crippen molar-refractivity contribution in [2.75, 3.05) is 38.7 Å². The number of aromatic nitrogens is 1. The minimum atomic E-state index is -3.67. The van der Waals surface area contributed by atoms with E-state index in [1.54, 1.807) is 24.6 Å². The lowest BCUT2D eigenvalue weighted by atomic mass is 10.2. The zero-order chi connectivity index (χ0) is 22.7. The van der Waals surface area contributed by atoms with Gasteiger partial charge in [-0.05, 0) is 36.8 Å². The van der Waals surface area contributed by atoms with Crippen LogP contribution in [0.2, 0.25) is 0 Å². The Balaban J connectivity index is 1.56. The van der Waals surface area contributed by atoms with Crippen LogP contribution in [-0.2, 0) is 14.8 Å². The van der Waals surface area contributed by atoms with Gasteiger partial charge in [-0.3, -0.25) is 4.79 Å². The first-order valence-electron chi connectivity index (χ1n) is 9.99. The molecule has 4 rings (SSSR count). The number of carbonyl (C=O) groups excluding carboxylic acids is 1. The van der Waals surface area contributed by atoms with Crippen molar-refractivity contribution in [3.63, 3.8) is 0 Å². The molecule has 8 nitrogen and oxygen atoms in total. The molecule has 0 unspecified atom stereocenters. The Morgan fingerprint density at radius 3 is 2.69 bits per heavy atom. The third-order valence-corrected chi connectivity index (χ3v) is 7.91. The zero-order valence-corrected chi connectivity index (χ0v) is 19.3. The van der Waals surface area contributed by atoms with Crippen molar-refractivity contribution in [1.29, 1.82) is 0 Å². The van der Waals surface area contributed by atoms with Crippen molar-refractivity contribution in [3.05, 3.63) is 59.1 Å². The highest BCUT2D eigenvalue weighted by Crippen LogP contribution is 2.32. The molecule has 0 bridgehead atoms. The number of rotatable bonds is 6. The molecule has 2 aromatic carbocycles. The number of para-hydroxylation sites is 1. The van der Waals surface area contributed by atoms with E-state index >= 15 is 0 Å². The number of aryl methyl sites for hydroxylation is 1. The van der Waals surface area contributed by atoms with E-state index in [9.17, 15) is 13.2 Å². The van der Waals surface area contributed by atoms with Crippen LogP contribution in [0.4, 0.5) is 5.69 Å². The second-order valence-corrected chi connectivity index (χ2v) is 9.98. The fourth-order valence-corrected chi connectivity index (χ4v) is 5.61. The van der Waals surface area contributed by atoms with E-state index in [0.717, 1.165) is 11.1 Å². The van der Waals surface area contributed by atoms with Gasteiger partial charge in [0.2, 0.25) is 10.0 Å². The van der Waals surface area contributed by atoms with Crippen LogP contribution in [0.1, 0.15) is 16.1 Å². The molecule has 0 atom stereocenters. The van der Waals surface area contributed by atoms with Gasteiger partial charge in [0.15, 0.2) is 0 Å². The molecular formula is C22H23N3O5S2. The van der Waals surface area contributed by atoms with Crippen LogP contribution in [-0.4, -0.2) is 57.0 Å². The zero-order valence-electron chi connectivity index (χ0n) is 17.7. The number of nitrogens with one attached hydrogen (secondary N) is 1. The van der Waals surface area contributed by atoms with E-state index in [4.69, 9.17) is 9.47 Å². The molecule has 1 aliphatic rings. The first-order chi connectivity index (χ1) is 15.4. The quantitative estimate of drug-likeness (QED) is 0.589. The van der Waals surface area contributed by atoms with Gasteiger partial charge in [-0.1, -0.05) is 18.2 Å². The molecule has 1 amide bonds. The van der Waals surface area contributed by atoms with Crippen LogP contribution in [0, 0.1) is 6.92 Å². The molecule has 10 heteroatoms. The van der Waals surface area contributed by atoms with Crippen LogP contribution in [0.5, 0.6) is 5.75 Å². The van der Waals surface area contributed by atoms with Crippen LogP contribution >= 0.6 is 11.3 Å². The SMILES string of the molecule is COc1ccccc1-c1nc(C(=O)Nc2cc(S(=O)(=O)N3CCOCC3)ccc2C)cs1. The van der Waals surface area contributed by atoms with E-state index in [1.807, 2.05) is 31.2 Å². The lowest BCUT2D eigenvalue weighted by molar-refractivity contribution is 0.0730. The summed E-state index contributed by atoms with van der Waals surface area (Å²) in [5.74, 6) is 0.261. The second-order valence-electron chi connectivity index (χ2n) is 7.19. The summed E-state index contributed by atoms with van der Waals surface area (Å²) in [5, 5.41) is 5.13. The predicted octanol–water partition coefficient (Wildman–Crippen LogP) is 3.40. The summed E-state index contributed by atoms with van der Waals surface area (Å²) in [6, 6.07) is 12.2. The van der Waals surface area contributed by atoms with Gasteiger partial charge in [-0.25, -0.2) is 13.4 Å². The van der Waals surface area contributed by atoms with Crippen molar-refractivity contribution in [2.24, 2.45) is 0 Å². The largest absolute Gasteiger partial charge is 0.496 e. The number of sulfonamides is 1. The highest BCUT2D eigenvalue weighted by Gasteiger charge is 2.27. The minimum Gasteiger partial charge on any atom is -0.496 e. The maximum absolute atomic E-state index is 13.0. The molecule has 0 radical (unpaired) electrons. The molecule has 3 aromatic rings. The maximum atomic E-state index is 13.0. The second kappa shape index (κ2) is 9.37. The standard InChI is InChI=1S/C22H23N3O5S2/c1-15-7-8-16(32(27,28)25-9-11-30-12-10-25)13-18(15)23-21(26)19-14-31-22(24-19)17-5-3-4-6-20(17)29-2/h3-8,13-14H,9-12H2,1-2H3,(H,23,26). The van der Waals surface area contributed by atoms with Gasteiger partial charge in [0.05, 0.1) is 30.8 Å². The van der Waals surface area contributed by atoms with Gasteiger partial charge < -0.3 is 14.8 Å². The van der Waals surface area contributed by atoms with E-state index in [2.05, 4.69) is 10.3 Å². The number of methoxy groups -OCH3 is 1. The monoisotopic (exact) mass is 473 g/mol. The summed E-state index contributed by atoms with van der Waals surface area (Å²) in [7, 11) is -2.08. The number of morpholine rings is 1. The number of thiazole rings is 1. The first kappa shape index (κ1) is 22.4. The van der Waals surface area contributed by atoms with Crippen LogP contribution < -0.4 is 10.1 Å². The Morgan fingerprint density at radius 1 is 1.19 bits per heavy atom. The van der Waals surface area contributed by atoms with Gasteiger partial charge >= 0.3 is 0 Å². The summed E-state index contributed by atoms with van der Waals surface area (Å²) in [5.41, 5.74) is 2.22. The molecule has 1 aromatic heterocycles. The van der Waals surface area contributed by atoms with Crippen molar-refractivity contribution in [2.45, 2.75) is 11.8 Å². The summed E-state index contributed by atoms with van der Waals surface area (Å²) in [6.07, 6.45) is 0. The van der Waals surface area contributed by atoms with Crippen LogP contribution in [0.25, 0.3) is 10.6 Å². The highest BCUT2D eigenvalue weighted by molar-refractivity contribution is 7.89. The number of anilines is 1. The number of ether oxygens (including phenoxy) is 2. The topological polar surface area (TPSA) is 97.8 Å². The van der Waals surface area contributed by atoms with Crippen LogP contribution in [0.15, 0.2) is 52.7 Å². The average molecular weight is 474 g/mol. The fraction of sp³-hybridized carbons (Fsp3) is 0.273. The van der Waals surface area contributed by atoms with Crippen molar-refractivity contribution in [1.82, 2.24) is 9.29 Å². The van der Waals surface area contributed by atoms with Gasteiger partial charge in [-0.15, -0.1) is 11.3 Å². The van der Waals surface area contributed by atoms with Gasteiger partial charge in [0.25, 0.3) is 5.91 Å². The lowest BCUT2D eigenvalue weighted by Gasteiger charge is -2.26. The number of hydrogen-bond acceptors (Lipinski definition) is 7. The third-order valence-electron chi connectivity index (χ3n) is 5.14. The van der Waals surface area contributed by atoms with Gasteiger partial charge in [-0.2, -0.15) is 4.31 Å². The summed E-state index contributed by atoms with van der Waals surface area (Å²) < 4.78 is 37.9. The Bertz CT molecular complexity index is 1230. The van der Waals surface area contributed by atoms with E-state index in [1.165, 1.54) is 21.7 Å². The lowest BCUT2D eigenvalue weighted by Crippen LogP contribution is -2.40. The number of benzene rings is 2. The van der Waals surface area contributed by atoms with Crippen molar-refractivity contribution < 1.29 is 22.7 Å². The molecule has 1 fully saturated rings. The molecule has 32 heavy (non-hydrogen) atoms. The normalized spacial score (nSPS) is 14.8. The van der Waals surface area contributed by atoms with Crippen molar-refractivity contribution >= 4 is 33.0 Å². The van der Waals surface area contributed by atoms with Crippen molar-refractivity contribution in [3.8, 4) is 16.3 Å². The highest BCUT2D eigenvalue weighted by atomic mass is 32.2. The molecule has 1 N–H and O–H groups in total. The Kier molecular flexibility index (Phi) is 6.56. The smallest absolute Gasteiger partial charge is 0.275 e. The maximum Gasteiger partial charge on any atom is 0.275 e. The van der Waals surface area contributed by atoms with Gasteiger partial charge in [0.1, 0.15) is 16.5 Å². The molecule has 0 spiro atoms. The number of nitrogens with zero attached hydrogens (tertiary/aromatic N) is 2. The molecule has 1 saturated heterocycles. The third kappa shape index (κ3) is 4.53. The molecule has 1 aliphatic heterocycles. The molecule has 0 aliphatic carbocycles. The summed E-state index contributed by atoms with van der Waals surface area (Å²) >= 11 is 1.34. The Morgan fingerprint density at radius 2 is 1.94 bits per heavy atom. The number of hydrogen-bond donors (Lipinski definition) is 1. The predicted molar refractivity (Wildman–Crippen MR) is 123 cm³/mol. The first-order valence-corrected chi connectivity index (χ1v) is 12.3. The summed E-state index contributed by atoms with van der Waals surface area (Å²) in [4.78, 5) is 17.4. The molecule has 168 valence electrons. The van der Waals surface area contributed by atoms with E-state index < -0.39 is 15.9 Å². The Labute approximate surface area is 190 Å². The Hall–Kier alpha value is -2.79. The molecule has 0 saturated carbocycles. The summed E-state index contributed by atoms with van der Waals surface area (Å²) in [6.45, 7) is 3.16. The van der Waals surface area contributed by atoms with E-state index in [0.29, 0.717) is 42.7 Å². The fourth-order valence-electron chi connectivity index (χ4n) is 3.34. The van der Waals surface area contributed by atoms with E-state index in [-0.39, 0.29) is 10.6 Å². The van der Waals surface area contributed by atoms with Crippen LogP contribution in [0.3, 0.4) is 0 Å². The number of amides is 1. The minimum absolute atomic E-state index is 0.133. The number of carbonyl (C=O) groups is 1. The average Bonchev–Trinajstić information content (AvgIpc) is 3.31. The molecule has 2 heterocycles.